The Morgan fingerprint density at radius 1 is 0.263 bits per heavy atom. The fourth-order valence-electron chi connectivity index (χ4n) is 9.97. The molecule has 462 valence electrons. The molecular weight excluding hydrogens is 985 g/mol. The zero-order valence-corrected chi connectivity index (χ0v) is 53.1. The Labute approximate surface area is 496 Å². The zero-order valence-electron chi connectivity index (χ0n) is 53.1. The summed E-state index contributed by atoms with van der Waals surface area (Å²) in [7, 11) is 0. The van der Waals surface area contributed by atoms with Crippen LogP contribution in [0.2, 0.25) is 0 Å². The highest BCUT2D eigenvalue weighted by atomic mass is 16.6. The van der Waals surface area contributed by atoms with Crippen LogP contribution in [0.5, 0.6) is 0 Å². The van der Waals surface area contributed by atoms with E-state index in [1.807, 2.05) is 0 Å². The molecule has 0 spiro atoms. The van der Waals surface area contributed by atoms with E-state index in [1.165, 1.54) is 205 Å². The van der Waals surface area contributed by atoms with E-state index in [2.05, 4.69) is 106 Å². The fraction of sp³-hybridized carbons (Fsp3) is 0.770. The lowest BCUT2D eigenvalue weighted by Gasteiger charge is -2.18. The standard InChI is InChI=1S/C74H130O6/c1-4-7-10-13-16-19-22-25-28-31-34-36-38-40-43-46-49-52-55-58-61-64-67-73(76)79-70-71(69-78-72(75)66-63-60-57-54-51-48-45-42-39-33-30-27-24-21-18-15-12-9-6-3)80-74(77)68-65-62-59-56-53-50-47-44-41-37-35-32-29-26-23-20-17-14-11-8-5-2/h9,12,18,21,23,26-27,30,32,35,39,42,48,51,71H,4-8,10-11,13-17,19-20,22,24-25,28-29,31,33-34,36-38,40-41,43-47,49-50,52-70H2,1-3H3/b12-9-,21-18-,26-23-,30-27-,35-32-,42-39-,51-48-. The summed E-state index contributed by atoms with van der Waals surface area (Å²) in [6.45, 7) is 6.54. The summed E-state index contributed by atoms with van der Waals surface area (Å²) in [5.74, 6) is -0.905. The van der Waals surface area contributed by atoms with Crippen molar-refractivity contribution in [1.82, 2.24) is 0 Å². The third-order valence-electron chi connectivity index (χ3n) is 15.1. The Kier molecular flexibility index (Phi) is 65.2. The van der Waals surface area contributed by atoms with Gasteiger partial charge in [0.1, 0.15) is 13.2 Å². The van der Waals surface area contributed by atoms with Crippen molar-refractivity contribution in [2.75, 3.05) is 13.2 Å². The van der Waals surface area contributed by atoms with E-state index >= 15 is 0 Å². The van der Waals surface area contributed by atoms with Crippen molar-refractivity contribution in [3.63, 3.8) is 0 Å². The molecule has 6 nitrogen and oxygen atoms in total. The first kappa shape index (κ1) is 76.6. The van der Waals surface area contributed by atoms with E-state index in [0.717, 1.165) is 103 Å². The number of rotatable bonds is 63. The van der Waals surface area contributed by atoms with Crippen LogP contribution in [0.25, 0.3) is 0 Å². The smallest absolute Gasteiger partial charge is 0.306 e. The van der Waals surface area contributed by atoms with Crippen molar-refractivity contribution in [1.29, 1.82) is 0 Å². The van der Waals surface area contributed by atoms with Gasteiger partial charge in [-0.15, -0.1) is 0 Å². The van der Waals surface area contributed by atoms with E-state index in [-0.39, 0.29) is 31.1 Å². The summed E-state index contributed by atoms with van der Waals surface area (Å²) >= 11 is 0. The molecule has 0 rings (SSSR count). The van der Waals surface area contributed by atoms with Crippen molar-refractivity contribution in [2.24, 2.45) is 0 Å². The van der Waals surface area contributed by atoms with Crippen LogP contribution in [-0.4, -0.2) is 37.2 Å². The number of hydrogen-bond acceptors (Lipinski definition) is 6. The van der Waals surface area contributed by atoms with Gasteiger partial charge in [-0.1, -0.05) is 318 Å². The number of esters is 3. The first-order valence-electron chi connectivity index (χ1n) is 34.6. The van der Waals surface area contributed by atoms with E-state index in [9.17, 15) is 14.4 Å². The molecule has 0 bridgehead atoms. The molecule has 1 unspecified atom stereocenters. The highest BCUT2D eigenvalue weighted by Gasteiger charge is 2.19. The second-order valence-corrected chi connectivity index (χ2v) is 23.1. The predicted molar refractivity (Wildman–Crippen MR) is 348 cm³/mol. The maximum absolute atomic E-state index is 13.0. The minimum Gasteiger partial charge on any atom is -0.462 e. The third kappa shape index (κ3) is 65.4. The molecular formula is C74H130O6. The molecule has 80 heavy (non-hydrogen) atoms. The summed E-state index contributed by atoms with van der Waals surface area (Å²) in [6, 6.07) is 0. The lowest BCUT2D eigenvalue weighted by molar-refractivity contribution is -0.167. The largest absolute Gasteiger partial charge is 0.462 e. The molecule has 0 aromatic heterocycles. The molecule has 0 heterocycles. The summed E-state index contributed by atoms with van der Waals surface area (Å²) in [5, 5.41) is 0. The minimum atomic E-state index is -0.794. The molecule has 0 aliphatic heterocycles. The molecule has 6 heteroatoms. The van der Waals surface area contributed by atoms with Crippen molar-refractivity contribution in [2.45, 2.75) is 354 Å². The molecule has 0 amide bonds. The molecule has 0 aliphatic carbocycles. The summed E-state index contributed by atoms with van der Waals surface area (Å²) in [6.07, 6.45) is 90.3. The van der Waals surface area contributed by atoms with Gasteiger partial charge in [0.2, 0.25) is 0 Å². The van der Waals surface area contributed by atoms with E-state index < -0.39 is 6.10 Å². The van der Waals surface area contributed by atoms with Crippen LogP contribution >= 0.6 is 0 Å². The molecule has 0 saturated carbocycles. The quantitative estimate of drug-likeness (QED) is 0.0261. The number of hydrogen-bond donors (Lipinski definition) is 0. The van der Waals surface area contributed by atoms with Gasteiger partial charge in [0.05, 0.1) is 0 Å². The van der Waals surface area contributed by atoms with E-state index in [0.29, 0.717) is 19.3 Å². The molecule has 0 N–H and O–H groups in total. The molecule has 0 saturated heterocycles. The topological polar surface area (TPSA) is 78.9 Å². The average Bonchev–Trinajstić information content (AvgIpc) is 3.46. The molecule has 1 atom stereocenters. The number of carbonyl (C=O) groups is 3. The highest BCUT2D eigenvalue weighted by Crippen LogP contribution is 2.17. The Balaban J connectivity index is 4.40. The van der Waals surface area contributed by atoms with Gasteiger partial charge in [0.15, 0.2) is 6.10 Å². The second-order valence-electron chi connectivity index (χ2n) is 23.1. The van der Waals surface area contributed by atoms with Crippen LogP contribution < -0.4 is 0 Å². The fourth-order valence-corrected chi connectivity index (χ4v) is 9.97. The molecule has 0 radical (unpaired) electrons. The van der Waals surface area contributed by atoms with Crippen LogP contribution in [0.15, 0.2) is 85.1 Å². The summed E-state index contributed by atoms with van der Waals surface area (Å²) in [4.78, 5) is 38.5. The van der Waals surface area contributed by atoms with Gasteiger partial charge in [-0.3, -0.25) is 14.4 Å². The third-order valence-corrected chi connectivity index (χ3v) is 15.1. The Morgan fingerprint density at radius 2 is 0.487 bits per heavy atom. The number of carbonyl (C=O) groups excluding carboxylic acids is 3. The summed E-state index contributed by atoms with van der Waals surface area (Å²) in [5.41, 5.74) is 0. The van der Waals surface area contributed by atoms with Gasteiger partial charge in [-0.25, -0.2) is 0 Å². The van der Waals surface area contributed by atoms with Crippen molar-refractivity contribution in [3.8, 4) is 0 Å². The number of allylic oxidation sites excluding steroid dienone is 14. The van der Waals surface area contributed by atoms with Crippen molar-refractivity contribution >= 4 is 17.9 Å². The maximum Gasteiger partial charge on any atom is 0.306 e. The maximum atomic E-state index is 13.0. The predicted octanol–water partition coefficient (Wildman–Crippen LogP) is 23.8. The highest BCUT2D eigenvalue weighted by molar-refractivity contribution is 5.71. The van der Waals surface area contributed by atoms with Crippen LogP contribution in [0, 0.1) is 0 Å². The SMILES string of the molecule is CC/C=C\C/C=C\C/C=C\C/C=C\C/C=C\CCCCCC(=O)OCC(COC(=O)CCCCCCCCCCCCCCCCCCCCCCCC)OC(=O)CCCCCCCCCCC/C=C\C/C=C\CCCCCCC. The van der Waals surface area contributed by atoms with Gasteiger partial charge < -0.3 is 14.2 Å². The van der Waals surface area contributed by atoms with Crippen LogP contribution in [0.4, 0.5) is 0 Å². The van der Waals surface area contributed by atoms with Crippen molar-refractivity contribution < 1.29 is 28.6 Å². The summed E-state index contributed by atoms with van der Waals surface area (Å²) < 4.78 is 17.0. The first-order chi connectivity index (χ1) is 39.5. The zero-order chi connectivity index (χ0) is 57.8. The van der Waals surface area contributed by atoms with Gasteiger partial charge in [-0.2, -0.15) is 0 Å². The Hall–Kier alpha value is -3.41. The number of ether oxygens (including phenoxy) is 3. The normalized spacial score (nSPS) is 12.6. The van der Waals surface area contributed by atoms with Crippen LogP contribution in [0.3, 0.4) is 0 Å². The second kappa shape index (κ2) is 68.1. The Bertz CT molecular complexity index is 1520. The first-order valence-corrected chi connectivity index (χ1v) is 34.6. The van der Waals surface area contributed by atoms with Crippen LogP contribution in [-0.2, 0) is 28.6 Å². The van der Waals surface area contributed by atoms with Gasteiger partial charge >= 0.3 is 17.9 Å². The van der Waals surface area contributed by atoms with Gasteiger partial charge in [0.25, 0.3) is 0 Å². The van der Waals surface area contributed by atoms with Crippen LogP contribution in [0.1, 0.15) is 348 Å². The Morgan fingerprint density at radius 3 is 0.775 bits per heavy atom. The monoisotopic (exact) mass is 1110 g/mol. The minimum absolute atomic E-state index is 0.0860. The molecule has 0 aromatic carbocycles. The molecule has 0 aromatic rings. The van der Waals surface area contributed by atoms with Gasteiger partial charge in [-0.05, 0) is 96.3 Å². The van der Waals surface area contributed by atoms with E-state index in [1.54, 1.807) is 0 Å². The van der Waals surface area contributed by atoms with Crippen molar-refractivity contribution in [3.05, 3.63) is 85.1 Å². The average molecular weight is 1120 g/mol. The molecule has 0 fully saturated rings. The van der Waals surface area contributed by atoms with E-state index in [4.69, 9.17) is 14.2 Å². The van der Waals surface area contributed by atoms with Gasteiger partial charge in [0, 0.05) is 19.3 Å². The molecule has 0 aliphatic rings. The number of unbranched alkanes of at least 4 members (excludes halogenated alkanes) is 38. The lowest BCUT2D eigenvalue weighted by Crippen LogP contribution is -2.30. The lowest BCUT2D eigenvalue weighted by atomic mass is 10.0.